The Hall–Kier alpha value is -3.72. The summed E-state index contributed by atoms with van der Waals surface area (Å²) in [5.74, 6) is 0. The van der Waals surface area contributed by atoms with Gasteiger partial charge < -0.3 is 0 Å². The Bertz CT molecular complexity index is 2120. The molecule has 0 unspecified atom stereocenters. The first-order valence-electron chi connectivity index (χ1n) is 11.0. The van der Waals surface area contributed by atoms with Crippen molar-refractivity contribution >= 4 is 98.6 Å². The van der Waals surface area contributed by atoms with Crippen molar-refractivity contribution in [1.29, 1.82) is 0 Å². The Morgan fingerprint density at radius 3 is 1.24 bits per heavy atom. The molecule has 0 aliphatic rings. The van der Waals surface area contributed by atoms with Gasteiger partial charge in [0, 0.05) is 42.4 Å². The van der Waals surface area contributed by atoms with Crippen molar-refractivity contribution in [1.82, 2.24) is 0 Å². The molecular weight excluding hydrogens is 463 g/mol. The summed E-state index contributed by atoms with van der Waals surface area (Å²) in [6.07, 6.45) is 0. The first kappa shape index (κ1) is 18.7. The van der Waals surface area contributed by atoms with E-state index < -0.39 is 0 Å². The quantitative estimate of drug-likeness (QED) is 0.164. The molecule has 0 aromatic heterocycles. The maximum atomic E-state index is 13.5. The summed E-state index contributed by atoms with van der Waals surface area (Å²) in [5, 5.41) is 13.6. The van der Waals surface area contributed by atoms with E-state index in [2.05, 4.69) is 12.1 Å². The predicted molar refractivity (Wildman–Crippen MR) is 145 cm³/mol. The average molecular weight is 475 g/mol. The van der Waals surface area contributed by atoms with Crippen molar-refractivity contribution < 1.29 is 0 Å². The molecule has 8 aromatic carbocycles. The summed E-state index contributed by atoms with van der Waals surface area (Å²) in [6, 6.07) is 23.2. The molecular formula is C30H12Cl2O2. The second-order valence-corrected chi connectivity index (χ2v) is 9.93. The molecule has 0 saturated carbocycles. The van der Waals surface area contributed by atoms with Crippen LogP contribution >= 0.6 is 23.2 Å². The molecule has 0 radical (unpaired) electrons. The summed E-state index contributed by atoms with van der Waals surface area (Å²) in [7, 11) is 0. The molecule has 0 N–H and O–H groups in total. The minimum absolute atomic E-state index is 0.0217. The fourth-order valence-corrected chi connectivity index (χ4v) is 6.35. The van der Waals surface area contributed by atoms with Gasteiger partial charge in [-0.05, 0) is 91.6 Å². The number of hydrogen-bond acceptors (Lipinski definition) is 2. The van der Waals surface area contributed by atoms with E-state index in [1.807, 2.05) is 48.5 Å². The number of fused-ring (bicyclic) bond motifs is 4. The Labute approximate surface area is 201 Å². The fraction of sp³-hybridized carbons (Fsp3) is 0. The zero-order valence-electron chi connectivity index (χ0n) is 17.5. The van der Waals surface area contributed by atoms with Gasteiger partial charge in [0.15, 0.2) is 10.9 Å². The zero-order chi connectivity index (χ0) is 22.9. The average Bonchev–Trinajstić information content (AvgIpc) is 2.84. The normalized spacial score (nSPS) is 12.6. The number of hydrogen-bond donors (Lipinski definition) is 0. The fourth-order valence-electron chi connectivity index (χ4n) is 6.00. The van der Waals surface area contributed by atoms with Crippen LogP contribution in [-0.4, -0.2) is 0 Å². The minimum atomic E-state index is -0.0217. The van der Waals surface area contributed by atoms with E-state index in [0.29, 0.717) is 31.6 Å². The Balaban J connectivity index is 1.76. The molecule has 0 bridgehead atoms. The van der Waals surface area contributed by atoms with E-state index in [1.54, 1.807) is 12.1 Å². The molecule has 8 rings (SSSR count). The van der Waals surface area contributed by atoms with E-state index in [-0.39, 0.29) is 10.9 Å². The zero-order valence-corrected chi connectivity index (χ0v) is 19.0. The van der Waals surface area contributed by atoms with Crippen LogP contribution in [0.25, 0.3) is 75.4 Å². The molecule has 8 aromatic rings. The van der Waals surface area contributed by atoms with Crippen molar-refractivity contribution in [3.05, 3.63) is 103 Å². The molecule has 0 fully saturated rings. The van der Waals surface area contributed by atoms with Crippen LogP contribution in [0.3, 0.4) is 0 Å². The van der Waals surface area contributed by atoms with Crippen LogP contribution < -0.4 is 10.9 Å². The van der Waals surface area contributed by atoms with E-state index in [9.17, 15) is 9.59 Å². The van der Waals surface area contributed by atoms with Crippen LogP contribution in [0.4, 0.5) is 0 Å². The summed E-state index contributed by atoms with van der Waals surface area (Å²) < 4.78 is 0. The molecule has 0 amide bonds. The molecule has 0 atom stereocenters. The highest BCUT2D eigenvalue weighted by molar-refractivity contribution is 6.41. The second-order valence-electron chi connectivity index (χ2n) is 9.06. The molecule has 2 nitrogen and oxygen atoms in total. The van der Waals surface area contributed by atoms with Crippen molar-refractivity contribution in [3.63, 3.8) is 0 Å². The maximum Gasteiger partial charge on any atom is 0.194 e. The lowest BCUT2D eigenvalue weighted by molar-refractivity contribution is 1.72. The van der Waals surface area contributed by atoms with Gasteiger partial charge in [0.1, 0.15) is 0 Å². The van der Waals surface area contributed by atoms with Crippen molar-refractivity contribution in [3.8, 4) is 0 Å². The number of halogens is 2. The number of benzene rings is 8. The van der Waals surface area contributed by atoms with E-state index in [4.69, 9.17) is 23.2 Å². The molecule has 0 aliphatic heterocycles. The van der Waals surface area contributed by atoms with Gasteiger partial charge in [-0.1, -0.05) is 47.5 Å². The topological polar surface area (TPSA) is 34.1 Å². The maximum absolute atomic E-state index is 13.5. The Morgan fingerprint density at radius 1 is 0.382 bits per heavy atom. The third-order valence-electron chi connectivity index (χ3n) is 7.39. The molecule has 158 valence electrons. The lowest BCUT2D eigenvalue weighted by Gasteiger charge is -2.18. The largest absolute Gasteiger partial charge is 0.289 e. The van der Waals surface area contributed by atoms with Gasteiger partial charge in [-0.15, -0.1) is 0 Å². The van der Waals surface area contributed by atoms with E-state index >= 15 is 0 Å². The molecule has 0 spiro atoms. The lowest BCUT2D eigenvalue weighted by Crippen LogP contribution is -2.06. The molecule has 34 heavy (non-hydrogen) atoms. The highest BCUT2D eigenvalue weighted by atomic mass is 35.5. The highest BCUT2D eigenvalue weighted by Crippen LogP contribution is 2.45. The molecule has 0 aliphatic carbocycles. The van der Waals surface area contributed by atoms with Crippen LogP contribution in [-0.2, 0) is 0 Å². The van der Waals surface area contributed by atoms with Gasteiger partial charge in [0.2, 0.25) is 0 Å². The third-order valence-corrected chi connectivity index (χ3v) is 7.86. The van der Waals surface area contributed by atoms with Crippen LogP contribution in [0.2, 0.25) is 10.0 Å². The summed E-state index contributed by atoms with van der Waals surface area (Å²) in [5.41, 5.74) is -0.0434. The van der Waals surface area contributed by atoms with Crippen LogP contribution in [0.5, 0.6) is 0 Å². The predicted octanol–water partition coefficient (Wildman–Crippen LogP) is 8.10. The Morgan fingerprint density at radius 2 is 0.794 bits per heavy atom. The summed E-state index contributed by atoms with van der Waals surface area (Å²) in [6.45, 7) is 0. The second kappa shape index (κ2) is 6.04. The van der Waals surface area contributed by atoms with E-state index in [0.717, 1.165) is 53.9 Å². The number of rotatable bonds is 0. The van der Waals surface area contributed by atoms with E-state index in [1.165, 1.54) is 0 Å². The summed E-state index contributed by atoms with van der Waals surface area (Å²) >= 11 is 12.5. The molecule has 4 heteroatoms. The first-order chi connectivity index (χ1) is 16.5. The van der Waals surface area contributed by atoms with Crippen LogP contribution in [0.15, 0.2) is 82.4 Å². The van der Waals surface area contributed by atoms with Gasteiger partial charge >= 0.3 is 0 Å². The molecule has 0 heterocycles. The standard InChI is InChI=1S/C30H12Cl2O2/c31-15-4-8-18-22-10-14-2-6-20-28-21(17-7-3-16(32)12-24(17)30(20)34)9-13-1-5-19(29(33)23(18)11-15)27(22)25(13)26(14)28/h1-12H. The van der Waals surface area contributed by atoms with Gasteiger partial charge in [0.25, 0.3) is 0 Å². The highest BCUT2D eigenvalue weighted by Gasteiger charge is 2.21. The summed E-state index contributed by atoms with van der Waals surface area (Å²) in [4.78, 5) is 27.0. The van der Waals surface area contributed by atoms with Gasteiger partial charge in [-0.3, -0.25) is 9.59 Å². The van der Waals surface area contributed by atoms with Crippen LogP contribution in [0.1, 0.15) is 0 Å². The van der Waals surface area contributed by atoms with Gasteiger partial charge in [0.05, 0.1) is 0 Å². The van der Waals surface area contributed by atoms with Gasteiger partial charge in [-0.2, -0.15) is 0 Å². The monoisotopic (exact) mass is 474 g/mol. The van der Waals surface area contributed by atoms with Crippen LogP contribution in [0, 0.1) is 0 Å². The Kier molecular flexibility index (Phi) is 3.32. The van der Waals surface area contributed by atoms with Crippen molar-refractivity contribution in [2.75, 3.05) is 0 Å². The smallest absolute Gasteiger partial charge is 0.194 e. The minimum Gasteiger partial charge on any atom is -0.289 e. The third kappa shape index (κ3) is 2.09. The van der Waals surface area contributed by atoms with Gasteiger partial charge in [-0.25, -0.2) is 0 Å². The van der Waals surface area contributed by atoms with Crippen molar-refractivity contribution in [2.24, 2.45) is 0 Å². The molecule has 0 saturated heterocycles. The SMILES string of the molecule is O=c1c2cc(Cl)ccc2c2cc3ccc4c(=O)c5cc(Cl)ccc5c5cc6ccc1c2c6c3c45. The first-order valence-corrected chi connectivity index (χ1v) is 11.7. The lowest BCUT2D eigenvalue weighted by atomic mass is 9.84. The van der Waals surface area contributed by atoms with Crippen molar-refractivity contribution in [2.45, 2.75) is 0 Å².